The van der Waals surface area contributed by atoms with E-state index in [2.05, 4.69) is 46.5 Å². The Labute approximate surface area is 143 Å². The lowest BCUT2D eigenvalue weighted by Gasteiger charge is -2.02. The number of thiazole rings is 1. The van der Waals surface area contributed by atoms with Crippen molar-refractivity contribution in [2.45, 2.75) is 11.3 Å². The lowest BCUT2D eigenvalue weighted by molar-refractivity contribution is -0.113. The highest BCUT2D eigenvalue weighted by Gasteiger charge is 2.08. The average Bonchev–Trinajstić information content (AvgIpc) is 3.04. The third-order valence-corrected chi connectivity index (χ3v) is 5.11. The molecule has 1 aromatic carbocycles. The summed E-state index contributed by atoms with van der Waals surface area (Å²) in [5.41, 5.74) is 3.27. The maximum Gasteiger partial charge on any atom is 0.235 e. The van der Waals surface area contributed by atoms with Crippen LogP contribution in [0.15, 0.2) is 58.4 Å². The summed E-state index contributed by atoms with van der Waals surface area (Å²) < 4.78 is 0.886. The number of aryl methyl sites for hydroxylation is 1. The van der Waals surface area contributed by atoms with Gasteiger partial charge < -0.3 is 5.32 Å². The first-order valence-corrected chi connectivity index (χ1v) is 8.93. The number of hydrogen-bond donors (Lipinski definition) is 1. The molecule has 0 saturated heterocycles. The van der Waals surface area contributed by atoms with Gasteiger partial charge in [-0.2, -0.15) is 0 Å². The van der Waals surface area contributed by atoms with E-state index in [9.17, 15) is 4.79 Å². The molecule has 0 saturated carbocycles. The highest BCUT2D eigenvalue weighted by Crippen LogP contribution is 2.28. The van der Waals surface area contributed by atoms with E-state index < -0.39 is 0 Å². The van der Waals surface area contributed by atoms with Crippen molar-refractivity contribution in [2.75, 3.05) is 11.1 Å². The summed E-state index contributed by atoms with van der Waals surface area (Å²) in [5.74, 6) is 0.801. The Kier molecular flexibility index (Phi) is 5.05. The largest absolute Gasteiger partial charge is 0.310 e. The fourth-order valence-corrected chi connectivity index (χ4v) is 3.56. The predicted octanol–water partition coefficient (Wildman–Crippen LogP) is 4.24. The van der Waals surface area contributed by atoms with Crippen LogP contribution in [0.3, 0.4) is 0 Å². The molecule has 0 aliphatic carbocycles. The topological polar surface area (TPSA) is 54.9 Å². The second-order valence-corrected chi connectivity index (χ2v) is 7.00. The number of aromatic nitrogens is 2. The van der Waals surface area contributed by atoms with Gasteiger partial charge >= 0.3 is 0 Å². The molecule has 4 nitrogen and oxygen atoms in total. The third kappa shape index (κ3) is 4.40. The van der Waals surface area contributed by atoms with Crippen LogP contribution in [0.5, 0.6) is 0 Å². The highest BCUT2D eigenvalue weighted by molar-refractivity contribution is 8.01. The maximum atomic E-state index is 11.9. The Balaban J connectivity index is 1.57. The van der Waals surface area contributed by atoms with Crippen LogP contribution in [0.2, 0.25) is 0 Å². The van der Waals surface area contributed by atoms with E-state index in [0.717, 1.165) is 15.6 Å². The Morgan fingerprint density at radius 3 is 2.78 bits per heavy atom. The van der Waals surface area contributed by atoms with Gasteiger partial charge in [0.1, 0.15) is 5.82 Å². The van der Waals surface area contributed by atoms with Gasteiger partial charge in [-0.3, -0.25) is 4.79 Å². The molecule has 2 heterocycles. The molecule has 0 radical (unpaired) electrons. The maximum absolute atomic E-state index is 11.9. The van der Waals surface area contributed by atoms with Crippen LogP contribution in [-0.2, 0) is 4.79 Å². The van der Waals surface area contributed by atoms with Gasteiger partial charge in [0, 0.05) is 17.1 Å². The van der Waals surface area contributed by atoms with Crippen molar-refractivity contribution in [3.63, 3.8) is 0 Å². The first-order chi connectivity index (χ1) is 11.2. The number of rotatable bonds is 5. The van der Waals surface area contributed by atoms with Gasteiger partial charge in [-0.15, -0.1) is 11.3 Å². The van der Waals surface area contributed by atoms with Gasteiger partial charge in [0.2, 0.25) is 5.91 Å². The molecule has 0 aliphatic rings. The minimum absolute atomic E-state index is 0.0826. The van der Waals surface area contributed by atoms with Crippen LogP contribution in [0.4, 0.5) is 5.82 Å². The van der Waals surface area contributed by atoms with Crippen molar-refractivity contribution in [3.8, 4) is 11.3 Å². The van der Waals surface area contributed by atoms with Crippen molar-refractivity contribution < 1.29 is 4.79 Å². The predicted molar refractivity (Wildman–Crippen MR) is 95.9 cm³/mol. The molecule has 23 heavy (non-hydrogen) atoms. The number of nitrogens with zero attached hydrogens (tertiary/aromatic N) is 2. The molecular weight excluding hydrogens is 326 g/mol. The van der Waals surface area contributed by atoms with Gasteiger partial charge in [-0.05, 0) is 19.1 Å². The summed E-state index contributed by atoms with van der Waals surface area (Å²) >= 11 is 2.99. The van der Waals surface area contributed by atoms with E-state index in [1.807, 2.05) is 17.5 Å². The van der Waals surface area contributed by atoms with Gasteiger partial charge in [0.15, 0.2) is 4.34 Å². The number of anilines is 1. The number of carbonyl (C=O) groups is 1. The van der Waals surface area contributed by atoms with Gasteiger partial charge in [0.25, 0.3) is 0 Å². The molecule has 0 atom stereocenters. The van der Waals surface area contributed by atoms with E-state index in [4.69, 9.17) is 0 Å². The van der Waals surface area contributed by atoms with E-state index in [0.29, 0.717) is 11.6 Å². The SMILES string of the molecule is Cc1ccc(-c2csc(SCC(=O)Nc3ccccn3)n2)cc1. The molecule has 0 spiro atoms. The van der Waals surface area contributed by atoms with Crippen molar-refractivity contribution >= 4 is 34.8 Å². The van der Waals surface area contributed by atoms with E-state index in [-0.39, 0.29) is 5.91 Å². The Morgan fingerprint density at radius 2 is 2.04 bits per heavy atom. The normalized spacial score (nSPS) is 10.5. The smallest absolute Gasteiger partial charge is 0.235 e. The zero-order chi connectivity index (χ0) is 16.1. The van der Waals surface area contributed by atoms with Crippen molar-refractivity contribution in [3.05, 3.63) is 59.6 Å². The minimum atomic E-state index is -0.0826. The summed E-state index contributed by atoms with van der Waals surface area (Å²) in [4.78, 5) is 20.6. The average molecular weight is 341 g/mol. The number of carbonyl (C=O) groups excluding carboxylic acids is 1. The quantitative estimate of drug-likeness (QED) is 0.705. The zero-order valence-corrected chi connectivity index (χ0v) is 14.2. The number of hydrogen-bond acceptors (Lipinski definition) is 5. The van der Waals surface area contributed by atoms with Gasteiger partial charge in [-0.25, -0.2) is 9.97 Å². The lowest BCUT2D eigenvalue weighted by Crippen LogP contribution is -2.14. The molecular formula is C17H15N3OS2. The van der Waals surface area contributed by atoms with Crippen molar-refractivity contribution in [2.24, 2.45) is 0 Å². The molecule has 2 aromatic heterocycles. The van der Waals surface area contributed by atoms with Crippen LogP contribution in [0.1, 0.15) is 5.56 Å². The van der Waals surface area contributed by atoms with Crippen molar-refractivity contribution in [1.82, 2.24) is 9.97 Å². The fourth-order valence-electron chi connectivity index (χ4n) is 1.92. The summed E-state index contributed by atoms with van der Waals surface area (Å²) in [6.45, 7) is 2.06. The molecule has 0 bridgehead atoms. The number of amides is 1. The van der Waals surface area contributed by atoms with Crippen LogP contribution in [0.25, 0.3) is 11.3 Å². The Bertz CT molecular complexity index is 785. The van der Waals surface area contributed by atoms with Gasteiger partial charge in [-0.1, -0.05) is 47.7 Å². The molecule has 3 rings (SSSR count). The lowest BCUT2D eigenvalue weighted by atomic mass is 10.1. The second kappa shape index (κ2) is 7.39. The molecule has 0 fully saturated rings. The van der Waals surface area contributed by atoms with E-state index in [1.165, 1.54) is 17.3 Å². The third-order valence-electron chi connectivity index (χ3n) is 3.09. The molecule has 116 valence electrons. The van der Waals surface area contributed by atoms with Crippen LogP contribution in [-0.4, -0.2) is 21.6 Å². The summed E-state index contributed by atoms with van der Waals surface area (Å²) in [5, 5.41) is 4.78. The molecule has 0 unspecified atom stereocenters. The summed E-state index contributed by atoms with van der Waals surface area (Å²) in [7, 11) is 0. The van der Waals surface area contributed by atoms with Crippen LogP contribution in [0, 0.1) is 6.92 Å². The summed E-state index contributed by atoms with van der Waals surface area (Å²) in [6.07, 6.45) is 1.65. The molecule has 6 heteroatoms. The Hall–Kier alpha value is -2.18. The fraction of sp³-hybridized carbons (Fsp3) is 0.118. The van der Waals surface area contributed by atoms with Gasteiger partial charge in [0.05, 0.1) is 11.4 Å². The van der Waals surface area contributed by atoms with Crippen LogP contribution >= 0.6 is 23.1 Å². The molecule has 3 aromatic rings. The highest BCUT2D eigenvalue weighted by atomic mass is 32.2. The molecule has 0 aliphatic heterocycles. The number of pyridine rings is 1. The summed E-state index contributed by atoms with van der Waals surface area (Å²) in [6, 6.07) is 13.7. The molecule has 1 amide bonds. The van der Waals surface area contributed by atoms with E-state index in [1.54, 1.807) is 23.6 Å². The minimum Gasteiger partial charge on any atom is -0.310 e. The number of benzene rings is 1. The van der Waals surface area contributed by atoms with E-state index >= 15 is 0 Å². The first kappa shape index (κ1) is 15.7. The number of nitrogens with one attached hydrogen (secondary N) is 1. The zero-order valence-electron chi connectivity index (χ0n) is 12.5. The first-order valence-electron chi connectivity index (χ1n) is 7.07. The molecule has 1 N–H and O–H groups in total. The monoisotopic (exact) mass is 341 g/mol. The number of thioether (sulfide) groups is 1. The van der Waals surface area contributed by atoms with Crippen LogP contribution < -0.4 is 5.32 Å². The second-order valence-electron chi connectivity index (χ2n) is 4.92. The Morgan fingerprint density at radius 1 is 1.22 bits per heavy atom. The van der Waals surface area contributed by atoms with Crippen molar-refractivity contribution in [1.29, 1.82) is 0 Å². The standard InChI is InChI=1S/C17H15N3OS2/c1-12-5-7-13(8-6-12)14-10-22-17(19-14)23-11-16(21)20-15-4-2-3-9-18-15/h2-10H,11H2,1H3,(H,18,20,21).